The molecule has 1 aromatic carbocycles. The number of rotatable bonds is 5. The maximum absolute atomic E-state index is 11.5. The molecule has 0 aliphatic carbocycles. The fraction of sp³-hybridized carbons (Fsp3) is 0.429. The van der Waals surface area contributed by atoms with Crippen molar-refractivity contribution < 1.29 is 14.3 Å². The lowest BCUT2D eigenvalue weighted by atomic mass is 10.2. The predicted molar refractivity (Wildman–Crippen MR) is 76.4 cm³/mol. The molecular weight excluding hydrogens is 280 g/mol. The number of nitrogens with zero attached hydrogens (tertiary/aromatic N) is 1. The average molecular weight is 297 g/mol. The monoisotopic (exact) mass is 296 g/mol. The van der Waals surface area contributed by atoms with Crippen molar-refractivity contribution in [3.63, 3.8) is 0 Å². The molecule has 0 radical (unpaired) electrons. The number of halogens is 1. The van der Waals surface area contributed by atoms with Crippen LogP contribution in [0.5, 0.6) is 5.75 Å². The van der Waals surface area contributed by atoms with Crippen LogP contribution in [-0.4, -0.2) is 49.4 Å². The zero-order valence-electron chi connectivity index (χ0n) is 11.3. The number of aldehydes is 1. The van der Waals surface area contributed by atoms with Gasteiger partial charge in [0.15, 0.2) is 6.29 Å². The van der Waals surface area contributed by atoms with Crippen molar-refractivity contribution in [2.24, 2.45) is 0 Å². The van der Waals surface area contributed by atoms with E-state index in [0.717, 1.165) is 6.54 Å². The summed E-state index contributed by atoms with van der Waals surface area (Å²) in [5.74, 6) is 0.671. The van der Waals surface area contributed by atoms with E-state index in [1.165, 1.54) is 0 Å². The van der Waals surface area contributed by atoms with Gasteiger partial charge in [-0.1, -0.05) is 11.6 Å². The molecule has 1 aliphatic heterocycles. The van der Waals surface area contributed by atoms with E-state index in [4.69, 9.17) is 16.3 Å². The van der Waals surface area contributed by atoms with E-state index in [0.29, 0.717) is 42.3 Å². The van der Waals surface area contributed by atoms with E-state index in [9.17, 15) is 9.59 Å². The van der Waals surface area contributed by atoms with Crippen molar-refractivity contribution in [3.8, 4) is 5.75 Å². The number of amides is 1. The summed E-state index contributed by atoms with van der Waals surface area (Å²) in [7, 11) is 0. The third kappa shape index (κ3) is 3.49. The Balaban J connectivity index is 1.85. The standard InChI is InChI=1S/C14H17ClN2O3/c1-10-14(19)16-4-5-17(10)6-7-20-12-3-2-11(9-18)13(15)8-12/h2-3,8-10H,4-7H2,1H3,(H,16,19)/t10-/m1/s1. The van der Waals surface area contributed by atoms with E-state index in [1.54, 1.807) is 18.2 Å². The first-order chi connectivity index (χ1) is 9.61. The minimum Gasteiger partial charge on any atom is -0.492 e. The minimum absolute atomic E-state index is 0.0506. The molecule has 1 atom stereocenters. The van der Waals surface area contributed by atoms with Crippen LogP contribution in [-0.2, 0) is 4.79 Å². The summed E-state index contributed by atoms with van der Waals surface area (Å²) < 4.78 is 5.60. The Morgan fingerprint density at radius 3 is 3.05 bits per heavy atom. The molecule has 1 fully saturated rings. The fourth-order valence-electron chi connectivity index (χ4n) is 2.11. The van der Waals surface area contributed by atoms with Crippen molar-refractivity contribution in [2.75, 3.05) is 26.2 Å². The number of piperazine rings is 1. The molecule has 1 aliphatic rings. The number of nitrogens with one attached hydrogen (secondary N) is 1. The molecule has 1 N–H and O–H groups in total. The molecule has 0 unspecified atom stereocenters. The SMILES string of the molecule is C[C@@H]1C(=O)NCCN1CCOc1ccc(C=O)c(Cl)c1. The van der Waals surface area contributed by atoms with Crippen molar-refractivity contribution in [1.29, 1.82) is 0 Å². The van der Waals surface area contributed by atoms with E-state index in [-0.39, 0.29) is 11.9 Å². The molecule has 0 bridgehead atoms. The third-order valence-corrected chi connectivity index (χ3v) is 3.70. The molecule has 0 saturated carbocycles. The van der Waals surface area contributed by atoms with Gasteiger partial charge in [-0.05, 0) is 25.1 Å². The molecule has 1 heterocycles. The topological polar surface area (TPSA) is 58.6 Å². The predicted octanol–water partition coefficient (Wildman–Crippen LogP) is 1.35. The lowest BCUT2D eigenvalue weighted by Crippen LogP contribution is -2.54. The second kappa shape index (κ2) is 6.72. The van der Waals surface area contributed by atoms with Crippen molar-refractivity contribution >= 4 is 23.8 Å². The molecule has 1 saturated heterocycles. The smallest absolute Gasteiger partial charge is 0.237 e. The Bertz CT molecular complexity index is 507. The molecule has 6 heteroatoms. The van der Waals surface area contributed by atoms with E-state index >= 15 is 0 Å². The van der Waals surface area contributed by atoms with Crippen LogP contribution >= 0.6 is 11.6 Å². The molecule has 0 spiro atoms. The third-order valence-electron chi connectivity index (χ3n) is 3.37. The van der Waals surface area contributed by atoms with Gasteiger partial charge >= 0.3 is 0 Å². The van der Waals surface area contributed by atoms with Gasteiger partial charge in [-0.2, -0.15) is 0 Å². The quantitative estimate of drug-likeness (QED) is 0.833. The average Bonchev–Trinajstić information content (AvgIpc) is 2.44. The number of ether oxygens (including phenoxy) is 1. The van der Waals surface area contributed by atoms with E-state index in [2.05, 4.69) is 10.2 Å². The summed E-state index contributed by atoms with van der Waals surface area (Å²) in [6.07, 6.45) is 0.708. The van der Waals surface area contributed by atoms with Gasteiger partial charge in [0.2, 0.25) is 5.91 Å². The highest BCUT2D eigenvalue weighted by Gasteiger charge is 2.24. The fourth-order valence-corrected chi connectivity index (χ4v) is 2.32. The minimum atomic E-state index is -0.131. The summed E-state index contributed by atoms with van der Waals surface area (Å²) in [5, 5.41) is 3.20. The van der Waals surface area contributed by atoms with Gasteiger partial charge in [0.1, 0.15) is 12.4 Å². The van der Waals surface area contributed by atoms with Crippen LogP contribution in [0.2, 0.25) is 5.02 Å². The molecule has 0 aromatic heterocycles. The Morgan fingerprint density at radius 2 is 2.35 bits per heavy atom. The number of carbonyl (C=O) groups is 2. The van der Waals surface area contributed by atoms with Crippen molar-refractivity contribution in [3.05, 3.63) is 28.8 Å². The summed E-state index contributed by atoms with van der Waals surface area (Å²) in [4.78, 5) is 24.2. The van der Waals surface area contributed by atoms with E-state index in [1.807, 2.05) is 6.92 Å². The Morgan fingerprint density at radius 1 is 1.55 bits per heavy atom. The second-order valence-electron chi connectivity index (χ2n) is 4.65. The van der Waals surface area contributed by atoms with Crippen molar-refractivity contribution in [2.45, 2.75) is 13.0 Å². The van der Waals surface area contributed by atoms with Crippen molar-refractivity contribution in [1.82, 2.24) is 10.2 Å². The molecule has 20 heavy (non-hydrogen) atoms. The number of hydrogen-bond acceptors (Lipinski definition) is 4. The summed E-state index contributed by atoms with van der Waals surface area (Å²) >= 11 is 5.92. The Kier molecular flexibility index (Phi) is 4.98. The van der Waals surface area contributed by atoms with Gasteiger partial charge < -0.3 is 10.1 Å². The maximum Gasteiger partial charge on any atom is 0.237 e. The largest absolute Gasteiger partial charge is 0.492 e. The van der Waals surface area contributed by atoms with Crippen LogP contribution in [0.15, 0.2) is 18.2 Å². The summed E-state index contributed by atoms with van der Waals surface area (Å²) in [6.45, 7) is 4.50. The lowest BCUT2D eigenvalue weighted by molar-refractivity contribution is -0.128. The lowest BCUT2D eigenvalue weighted by Gasteiger charge is -2.32. The van der Waals surface area contributed by atoms with Crippen LogP contribution in [0.4, 0.5) is 0 Å². The van der Waals surface area contributed by atoms with Gasteiger partial charge in [-0.25, -0.2) is 0 Å². The molecule has 5 nitrogen and oxygen atoms in total. The van der Waals surface area contributed by atoms with Gasteiger partial charge in [0.05, 0.1) is 11.1 Å². The van der Waals surface area contributed by atoms with Crippen LogP contribution < -0.4 is 10.1 Å². The zero-order chi connectivity index (χ0) is 14.5. The maximum atomic E-state index is 11.5. The molecule has 2 rings (SSSR count). The van der Waals surface area contributed by atoms with Gasteiger partial charge in [0, 0.05) is 25.2 Å². The van der Waals surface area contributed by atoms with Crippen LogP contribution in [0.25, 0.3) is 0 Å². The molecule has 108 valence electrons. The van der Waals surface area contributed by atoms with Gasteiger partial charge in [-0.3, -0.25) is 14.5 Å². The van der Waals surface area contributed by atoms with Crippen LogP contribution in [0, 0.1) is 0 Å². The first kappa shape index (κ1) is 14.8. The second-order valence-corrected chi connectivity index (χ2v) is 5.06. The van der Waals surface area contributed by atoms with E-state index < -0.39 is 0 Å². The molecular formula is C14H17ClN2O3. The highest BCUT2D eigenvalue weighted by atomic mass is 35.5. The Labute approximate surface area is 122 Å². The highest BCUT2D eigenvalue weighted by Crippen LogP contribution is 2.21. The number of benzene rings is 1. The van der Waals surface area contributed by atoms with Crippen LogP contribution in [0.3, 0.4) is 0 Å². The molecule has 1 aromatic rings. The summed E-state index contributed by atoms with van der Waals surface area (Å²) in [6, 6.07) is 4.83. The number of hydrogen-bond donors (Lipinski definition) is 1. The highest BCUT2D eigenvalue weighted by molar-refractivity contribution is 6.33. The zero-order valence-corrected chi connectivity index (χ0v) is 12.0. The Hall–Kier alpha value is -1.59. The number of carbonyl (C=O) groups excluding carboxylic acids is 2. The first-order valence-electron chi connectivity index (χ1n) is 6.51. The first-order valence-corrected chi connectivity index (χ1v) is 6.89. The van der Waals surface area contributed by atoms with Gasteiger partial charge in [0.25, 0.3) is 0 Å². The van der Waals surface area contributed by atoms with Crippen LogP contribution in [0.1, 0.15) is 17.3 Å². The summed E-state index contributed by atoms with van der Waals surface area (Å²) in [5.41, 5.74) is 0.445. The normalized spacial score (nSPS) is 19.5. The molecule has 1 amide bonds. The van der Waals surface area contributed by atoms with Gasteiger partial charge in [-0.15, -0.1) is 0 Å².